The fraction of sp³-hybridized carbons (Fsp3) is 0.438. The van der Waals surface area contributed by atoms with Crippen LogP contribution in [-0.4, -0.2) is 32.5 Å². The molecule has 3 fully saturated rings. The molecule has 6 atom stereocenters. The molecule has 3 aliphatic rings. The van der Waals surface area contributed by atoms with Crippen molar-refractivity contribution in [2.45, 2.75) is 16.1 Å². The maximum absolute atomic E-state index is 12.8. The number of alkyl halides is 2. The summed E-state index contributed by atoms with van der Waals surface area (Å²) < 4.78 is 0. The molecule has 1 aliphatic heterocycles. The molecule has 23 heavy (non-hydrogen) atoms. The zero-order chi connectivity index (χ0) is 16.5. The van der Waals surface area contributed by atoms with Crippen LogP contribution in [0.4, 0.5) is 5.69 Å². The Morgan fingerprint density at radius 3 is 2.17 bits per heavy atom. The van der Waals surface area contributed by atoms with Crippen molar-refractivity contribution in [1.29, 1.82) is 0 Å². The van der Waals surface area contributed by atoms with Crippen LogP contribution in [0, 0.1) is 23.7 Å². The van der Waals surface area contributed by atoms with Crippen molar-refractivity contribution in [3.05, 3.63) is 29.8 Å². The third-order valence-corrected chi connectivity index (χ3v) is 8.55. The van der Waals surface area contributed by atoms with E-state index in [-0.39, 0.29) is 50.7 Å². The Morgan fingerprint density at radius 1 is 1.09 bits per heavy atom. The number of hydrogen-bond acceptors (Lipinski definition) is 3. The third-order valence-electron chi connectivity index (χ3n) is 5.34. The maximum atomic E-state index is 12.8. The Morgan fingerprint density at radius 2 is 1.65 bits per heavy atom. The minimum absolute atomic E-state index is 0.0693. The Balaban J connectivity index is 1.73. The molecule has 5 nitrogen and oxygen atoms in total. The van der Waals surface area contributed by atoms with Gasteiger partial charge in [-0.25, -0.2) is 4.79 Å². The molecule has 0 radical (unpaired) electrons. The molecule has 1 N–H and O–H groups in total. The molecular weight excluding hydrogens is 430 g/mol. The normalized spacial score (nSPS) is 38.3. The second kappa shape index (κ2) is 5.14. The number of carboxylic acid groups (broad SMARTS) is 1. The number of benzene rings is 1. The first-order chi connectivity index (χ1) is 10.9. The molecule has 0 aromatic heterocycles. The fourth-order valence-corrected chi connectivity index (χ4v) is 6.25. The van der Waals surface area contributed by atoms with Gasteiger partial charge in [-0.05, 0) is 36.5 Å². The van der Waals surface area contributed by atoms with E-state index in [0.29, 0.717) is 5.69 Å². The molecule has 7 heteroatoms. The van der Waals surface area contributed by atoms with Gasteiger partial charge in [0.25, 0.3) is 0 Å². The molecule has 2 aliphatic carbocycles. The van der Waals surface area contributed by atoms with E-state index in [1.807, 2.05) is 0 Å². The summed E-state index contributed by atoms with van der Waals surface area (Å²) in [6, 6.07) is 6.01. The highest BCUT2D eigenvalue weighted by Gasteiger charge is 2.66. The summed E-state index contributed by atoms with van der Waals surface area (Å²) in [5.74, 6) is -1.75. The van der Waals surface area contributed by atoms with Gasteiger partial charge in [0.1, 0.15) is 0 Å². The van der Waals surface area contributed by atoms with Crippen molar-refractivity contribution < 1.29 is 19.5 Å². The number of nitrogens with zero attached hydrogens (tertiary/aromatic N) is 1. The first kappa shape index (κ1) is 15.3. The molecule has 1 heterocycles. The molecule has 120 valence electrons. The van der Waals surface area contributed by atoms with Crippen molar-refractivity contribution >= 4 is 55.3 Å². The molecular formula is C16H13Br2NO4. The lowest BCUT2D eigenvalue weighted by Gasteiger charge is -2.28. The second-order valence-corrected chi connectivity index (χ2v) is 8.49. The summed E-state index contributed by atoms with van der Waals surface area (Å²) in [7, 11) is 0. The monoisotopic (exact) mass is 441 g/mol. The van der Waals surface area contributed by atoms with E-state index in [0.717, 1.165) is 6.42 Å². The van der Waals surface area contributed by atoms with Crippen LogP contribution in [0.3, 0.4) is 0 Å². The highest BCUT2D eigenvalue weighted by molar-refractivity contribution is 9.12. The fourth-order valence-electron chi connectivity index (χ4n) is 4.38. The number of fused-ring (bicyclic) bond motifs is 5. The summed E-state index contributed by atoms with van der Waals surface area (Å²) in [5.41, 5.74) is 0.422. The summed E-state index contributed by atoms with van der Waals surface area (Å²) >= 11 is 7.29. The molecule has 1 aromatic rings. The molecule has 0 spiro atoms. The largest absolute Gasteiger partial charge is 0.478 e. The van der Waals surface area contributed by atoms with Crippen LogP contribution in [0.15, 0.2) is 24.3 Å². The molecule has 1 aromatic carbocycles. The zero-order valence-corrected chi connectivity index (χ0v) is 15.0. The summed E-state index contributed by atoms with van der Waals surface area (Å²) in [4.78, 5) is 38.4. The average molecular weight is 443 g/mol. The molecule has 2 amide bonds. The summed E-state index contributed by atoms with van der Waals surface area (Å²) in [6.45, 7) is 0. The highest BCUT2D eigenvalue weighted by Crippen LogP contribution is 2.60. The summed E-state index contributed by atoms with van der Waals surface area (Å²) in [5, 5.41) is 9.11. The molecule has 2 saturated carbocycles. The van der Waals surface area contributed by atoms with Crippen LogP contribution in [0.5, 0.6) is 0 Å². The minimum atomic E-state index is -1.08. The predicted molar refractivity (Wildman–Crippen MR) is 89.9 cm³/mol. The van der Waals surface area contributed by atoms with Gasteiger partial charge in [0.05, 0.1) is 23.1 Å². The van der Waals surface area contributed by atoms with E-state index in [9.17, 15) is 14.4 Å². The number of anilines is 1. The maximum Gasteiger partial charge on any atom is 0.335 e. The molecule has 1 saturated heterocycles. The molecule has 4 rings (SSSR count). The van der Waals surface area contributed by atoms with Crippen molar-refractivity contribution in [3.63, 3.8) is 0 Å². The number of aromatic carboxylic acids is 1. The quantitative estimate of drug-likeness (QED) is 0.564. The number of carbonyl (C=O) groups excluding carboxylic acids is 2. The first-order valence-corrected chi connectivity index (χ1v) is 9.24. The lowest BCUT2D eigenvalue weighted by atomic mass is 9.81. The molecule has 0 unspecified atom stereocenters. The number of amides is 2. The number of halogens is 2. The van der Waals surface area contributed by atoms with Crippen molar-refractivity contribution in [2.24, 2.45) is 23.7 Å². The van der Waals surface area contributed by atoms with E-state index in [1.54, 1.807) is 12.1 Å². The van der Waals surface area contributed by atoms with Crippen LogP contribution in [0.2, 0.25) is 0 Å². The van der Waals surface area contributed by atoms with Gasteiger partial charge in [0.2, 0.25) is 11.8 Å². The average Bonchev–Trinajstić information content (AvgIpc) is 3.12. The van der Waals surface area contributed by atoms with Gasteiger partial charge in [0, 0.05) is 9.65 Å². The summed E-state index contributed by atoms with van der Waals surface area (Å²) in [6.07, 6.45) is 0.877. The Kier molecular flexibility index (Phi) is 3.43. The van der Waals surface area contributed by atoms with Gasteiger partial charge in [-0.2, -0.15) is 0 Å². The smallest absolute Gasteiger partial charge is 0.335 e. The van der Waals surface area contributed by atoms with Crippen molar-refractivity contribution in [3.8, 4) is 0 Å². The third kappa shape index (κ3) is 1.99. The molecule has 2 bridgehead atoms. The van der Waals surface area contributed by atoms with Crippen LogP contribution in [0.1, 0.15) is 16.8 Å². The second-order valence-electron chi connectivity index (χ2n) is 6.37. The number of rotatable bonds is 2. The predicted octanol–water partition coefficient (Wildman–Crippen LogP) is 2.67. The Labute approximate surface area is 149 Å². The standard InChI is InChI=1S/C16H13Br2NO4/c17-12-8-5-9(13(12)18)11-10(8)14(20)19(15(11)21)7-3-1-2-6(4-7)16(22)23/h1-4,8-13H,5H2,(H,22,23)/t8-,9-,10-,11-,12+,13+/m1/s1. The lowest BCUT2D eigenvalue weighted by molar-refractivity contribution is -0.123. The van der Waals surface area contributed by atoms with Gasteiger partial charge in [-0.15, -0.1) is 0 Å². The highest BCUT2D eigenvalue weighted by atomic mass is 79.9. The van der Waals surface area contributed by atoms with Gasteiger partial charge >= 0.3 is 5.97 Å². The Hall–Kier alpha value is -1.21. The van der Waals surface area contributed by atoms with E-state index in [1.165, 1.54) is 17.0 Å². The van der Waals surface area contributed by atoms with Crippen LogP contribution < -0.4 is 4.90 Å². The number of hydrogen-bond donors (Lipinski definition) is 1. The van der Waals surface area contributed by atoms with Crippen LogP contribution >= 0.6 is 31.9 Å². The van der Waals surface area contributed by atoms with Gasteiger partial charge in [-0.1, -0.05) is 37.9 Å². The van der Waals surface area contributed by atoms with Gasteiger partial charge in [-0.3, -0.25) is 14.5 Å². The zero-order valence-electron chi connectivity index (χ0n) is 11.9. The van der Waals surface area contributed by atoms with Crippen molar-refractivity contribution in [2.75, 3.05) is 4.90 Å². The van der Waals surface area contributed by atoms with E-state index < -0.39 is 5.97 Å². The lowest BCUT2D eigenvalue weighted by Crippen LogP contribution is -2.37. The van der Waals surface area contributed by atoms with Crippen molar-refractivity contribution in [1.82, 2.24) is 0 Å². The van der Waals surface area contributed by atoms with Gasteiger partial charge < -0.3 is 5.11 Å². The number of imide groups is 1. The SMILES string of the molecule is O=C(O)c1cccc(N2C(=O)[C@@H]3[C@H]4C[C@@H]([C@H](Br)[C@H]4Br)[C@H]3C2=O)c1. The van der Waals surface area contributed by atoms with E-state index >= 15 is 0 Å². The van der Waals surface area contributed by atoms with E-state index in [2.05, 4.69) is 31.9 Å². The Bertz CT molecular complexity index is 705. The van der Waals surface area contributed by atoms with Gasteiger partial charge in [0.15, 0.2) is 0 Å². The first-order valence-electron chi connectivity index (χ1n) is 7.41. The van der Waals surface area contributed by atoms with E-state index in [4.69, 9.17) is 5.11 Å². The minimum Gasteiger partial charge on any atom is -0.478 e. The number of carbonyl (C=O) groups is 3. The van der Waals surface area contributed by atoms with Crippen LogP contribution in [-0.2, 0) is 9.59 Å². The topological polar surface area (TPSA) is 74.7 Å². The number of carboxylic acids is 1. The van der Waals surface area contributed by atoms with Crippen LogP contribution in [0.25, 0.3) is 0 Å².